The second-order valence-electron chi connectivity index (χ2n) is 8.39. The monoisotopic (exact) mass is 884 g/mol. The maximum atomic E-state index is 5.64. The molecule has 0 saturated carbocycles. The molecule has 0 radical (unpaired) electrons. The Morgan fingerprint density at radius 3 is 0.792 bits per heavy atom. The largest absolute Gasteiger partial charge is 0.471 e. The molecule has 0 aromatic rings. The van der Waals surface area contributed by atoms with Crippen LogP contribution < -0.4 is 20.3 Å². The van der Waals surface area contributed by atoms with Crippen molar-refractivity contribution in [3.8, 4) is 0 Å². The van der Waals surface area contributed by atoms with Gasteiger partial charge in [0.1, 0.15) is 0 Å². The van der Waals surface area contributed by atoms with Crippen LogP contribution in [0.25, 0.3) is 0 Å². The van der Waals surface area contributed by atoms with Crippen LogP contribution in [-0.2, 0) is 18.9 Å². The quantitative estimate of drug-likeness (QED) is 0.0652. The first kappa shape index (κ1) is 44.9. The van der Waals surface area contributed by atoms with Gasteiger partial charge in [0.15, 0.2) is 0 Å². The van der Waals surface area contributed by atoms with Gasteiger partial charge in [0, 0.05) is 0 Å². The number of rotatable bonds is 16. The van der Waals surface area contributed by atoms with E-state index in [0.29, 0.717) is 25.7 Å². The van der Waals surface area contributed by atoms with E-state index in [1.54, 1.807) is 0 Å². The molecule has 264 valence electrons. The van der Waals surface area contributed by atoms with Crippen molar-refractivity contribution >= 4 is 169 Å². The third kappa shape index (κ3) is 15.4. The Balaban J connectivity index is 4.70. The second kappa shape index (κ2) is 23.4. The molecular weight excluding hydrogens is 853 g/mol. The lowest BCUT2D eigenvalue weighted by Crippen LogP contribution is -2.26. The standard InChI is InChI=1S/C20H32N12O4P4S8/c1-5-9-33-17(45)25-37(21-13-41)29-38(22-14-42,26-18(46)34-10-6-2)31-40(24-16-44,28-20(48)36-12-8-4)32-39(30-37,23-15-43)27-19(47)35-11-7-3/h5-12H2,1-4H3,(H,25,45)(H,26,46)(H,27,47)(H,28,48). The Hall–Kier alpha value is -1.12. The van der Waals surface area contributed by atoms with Gasteiger partial charge in [-0.2, -0.15) is 18.1 Å². The number of nitrogens with one attached hydrogen (secondary N) is 4. The van der Waals surface area contributed by atoms with Gasteiger partial charge < -0.3 is 18.9 Å². The zero-order valence-corrected chi connectivity index (χ0v) is 36.0. The van der Waals surface area contributed by atoms with E-state index in [0.717, 1.165) is 0 Å². The Morgan fingerprint density at radius 2 is 0.646 bits per heavy atom. The summed E-state index contributed by atoms with van der Waals surface area (Å²) in [6, 6.07) is 0. The first-order valence-electron chi connectivity index (χ1n) is 13.6. The smallest absolute Gasteiger partial charge is 0.301 e. The van der Waals surface area contributed by atoms with Crippen LogP contribution in [-0.4, -0.2) is 67.8 Å². The third-order valence-corrected chi connectivity index (χ3v) is 18.3. The van der Waals surface area contributed by atoms with Crippen molar-refractivity contribution in [2.75, 3.05) is 26.4 Å². The van der Waals surface area contributed by atoms with Crippen LogP contribution in [0, 0.1) is 0 Å². The second-order valence-corrected chi connectivity index (χ2v) is 19.7. The minimum absolute atomic E-state index is 0.152. The molecule has 0 aromatic heterocycles. The summed E-state index contributed by atoms with van der Waals surface area (Å²) in [6.45, 7) is 8.56. The molecular formula is C20H32N12O4P4S8. The molecule has 1 aliphatic rings. The molecule has 0 aromatic carbocycles. The van der Waals surface area contributed by atoms with Crippen molar-refractivity contribution in [1.29, 1.82) is 0 Å². The van der Waals surface area contributed by atoms with Gasteiger partial charge in [-0.1, -0.05) is 27.7 Å². The molecule has 1 aliphatic heterocycles. The van der Waals surface area contributed by atoms with E-state index in [1.165, 1.54) is 0 Å². The van der Waals surface area contributed by atoms with Gasteiger partial charge in [0.2, 0.25) is 0 Å². The summed E-state index contributed by atoms with van der Waals surface area (Å²) in [6.07, 6.45) is 2.52. The summed E-state index contributed by atoms with van der Waals surface area (Å²) in [7, 11) is -15.9. The van der Waals surface area contributed by atoms with E-state index in [1.807, 2.05) is 27.7 Å². The van der Waals surface area contributed by atoms with Gasteiger partial charge in [-0.15, -0.1) is 19.1 Å². The lowest BCUT2D eigenvalue weighted by atomic mass is 10.5. The number of hydrogen-bond donors (Lipinski definition) is 4. The topological polar surface area (TPSA) is 184 Å². The molecule has 0 spiro atoms. The van der Waals surface area contributed by atoms with Crippen LogP contribution in [0.5, 0.6) is 0 Å². The van der Waals surface area contributed by atoms with E-state index in [2.05, 4.69) is 60.0 Å². The van der Waals surface area contributed by atoms with Gasteiger partial charge >= 0.3 is 30.0 Å². The van der Waals surface area contributed by atoms with Crippen molar-refractivity contribution < 1.29 is 18.9 Å². The Kier molecular flexibility index (Phi) is 21.9. The van der Waals surface area contributed by atoms with Crippen LogP contribution in [0.1, 0.15) is 53.4 Å². The fourth-order valence-electron chi connectivity index (χ4n) is 2.83. The van der Waals surface area contributed by atoms with Gasteiger partial charge in [0.25, 0.3) is 20.7 Å². The number of hydrogen-bond acceptors (Lipinski definition) is 20. The fourth-order valence-corrected chi connectivity index (χ4v) is 18.0. The highest BCUT2D eigenvalue weighted by atomic mass is 32.1. The molecule has 0 fully saturated rings. The van der Waals surface area contributed by atoms with Crippen LogP contribution in [0.3, 0.4) is 0 Å². The van der Waals surface area contributed by atoms with Gasteiger partial charge in [0.05, 0.1) is 47.1 Å². The normalized spacial score (nSPS) is 23.8. The summed E-state index contributed by atoms with van der Waals surface area (Å²) in [5, 5.41) is 20.4. The molecule has 0 amide bonds. The number of thiocarbonyl (C=S) groups is 8. The molecule has 1 heterocycles. The first-order valence-corrected chi connectivity index (χ1v) is 23.5. The summed E-state index contributed by atoms with van der Waals surface area (Å²) in [5.41, 5.74) is 0. The van der Waals surface area contributed by atoms with E-state index < -0.39 is 30.0 Å². The predicted molar refractivity (Wildman–Crippen MR) is 225 cm³/mol. The minimum atomic E-state index is -3.97. The summed E-state index contributed by atoms with van der Waals surface area (Å²) in [5.74, 6) is 0. The molecule has 0 atom stereocenters. The molecule has 28 heteroatoms. The van der Waals surface area contributed by atoms with Gasteiger partial charge in [-0.3, -0.25) is 20.3 Å². The average molecular weight is 885 g/mol. The fraction of sp³-hybridized carbons (Fsp3) is 0.600. The zero-order chi connectivity index (χ0) is 36.1. The van der Waals surface area contributed by atoms with Crippen LogP contribution in [0.15, 0.2) is 37.1 Å². The summed E-state index contributed by atoms with van der Waals surface area (Å²) in [4.78, 5) is 0. The number of isothiocyanates is 4. The molecule has 0 saturated heterocycles. The average Bonchev–Trinajstić information content (AvgIpc) is 3.00. The Morgan fingerprint density at radius 1 is 0.458 bits per heavy atom. The number of ether oxygens (including phenoxy) is 4. The Bertz CT molecular complexity index is 1410. The van der Waals surface area contributed by atoms with Gasteiger partial charge in [-0.05, 0) is 123 Å². The van der Waals surface area contributed by atoms with Crippen molar-refractivity contribution in [3.05, 3.63) is 0 Å². The lowest BCUT2D eigenvalue weighted by Gasteiger charge is -2.30. The van der Waals surface area contributed by atoms with Crippen LogP contribution in [0.4, 0.5) is 0 Å². The van der Waals surface area contributed by atoms with Crippen molar-refractivity contribution in [2.45, 2.75) is 53.4 Å². The van der Waals surface area contributed by atoms with Crippen molar-refractivity contribution in [3.63, 3.8) is 0 Å². The van der Waals surface area contributed by atoms with E-state index in [-0.39, 0.29) is 47.1 Å². The third-order valence-electron chi connectivity index (χ3n) is 4.43. The molecule has 0 unspecified atom stereocenters. The molecule has 0 bridgehead atoms. The lowest BCUT2D eigenvalue weighted by molar-refractivity contribution is 0.305. The van der Waals surface area contributed by atoms with E-state index >= 15 is 0 Å². The van der Waals surface area contributed by atoms with E-state index in [9.17, 15) is 0 Å². The van der Waals surface area contributed by atoms with Crippen molar-refractivity contribution in [2.24, 2.45) is 37.1 Å². The minimum Gasteiger partial charge on any atom is -0.471 e. The summed E-state index contributed by atoms with van der Waals surface area (Å²) >= 11 is 42.1. The molecule has 0 aliphatic carbocycles. The van der Waals surface area contributed by atoms with Crippen LogP contribution in [0.2, 0.25) is 0 Å². The number of nitrogens with zero attached hydrogens (tertiary/aromatic N) is 8. The maximum absolute atomic E-state index is 5.64. The Labute approximate surface area is 322 Å². The highest BCUT2D eigenvalue weighted by Gasteiger charge is 2.41. The van der Waals surface area contributed by atoms with E-state index in [4.69, 9.17) is 135 Å². The van der Waals surface area contributed by atoms with Gasteiger partial charge in [-0.25, -0.2) is 0 Å². The molecule has 48 heavy (non-hydrogen) atoms. The molecule has 4 N–H and O–H groups in total. The zero-order valence-electron chi connectivity index (χ0n) is 25.9. The molecule has 1 rings (SSSR count). The SMILES string of the molecule is CCCOC(=S)NP1(N=C=S)=NP(N=C=S)(NC(=S)OCCC)=NP(N=C=S)(NC(=S)OCCC)=NP(N=C=S)(NC(=S)OCCC)=N1. The first-order chi connectivity index (χ1) is 22.9. The van der Waals surface area contributed by atoms with Crippen LogP contribution >= 0.6 is 128 Å². The summed E-state index contributed by atoms with van der Waals surface area (Å²) < 4.78 is 59.6. The predicted octanol–water partition coefficient (Wildman–Crippen LogP) is 9.40. The highest BCUT2D eigenvalue weighted by Crippen LogP contribution is 2.76. The maximum Gasteiger partial charge on any atom is 0.301 e. The highest BCUT2D eigenvalue weighted by molar-refractivity contribution is 7.89. The van der Waals surface area contributed by atoms with Crippen molar-refractivity contribution in [1.82, 2.24) is 20.3 Å². The molecule has 16 nitrogen and oxygen atoms in total.